The number of rotatable bonds is 2. The van der Waals surface area contributed by atoms with Gasteiger partial charge in [-0.2, -0.15) is 0 Å². The molecule has 0 amide bonds. The molecule has 2 bridgehead atoms. The molecule has 65 valence electrons. The second kappa shape index (κ2) is 4.45. The van der Waals surface area contributed by atoms with Gasteiger partial charge in [0.1, 0.15) is 0 Å². The summed E-state index contributed by atoms with van der Waals surface area (Å²) in [5.74, 6) is 1.68. The van der Waals surface area contributed by atoms with E-state index in [-0.39, 0.29) is 32.7 Å². The van der Waals surface area contributed by atoms with Crippen LogP contribution in [0, 0.1) is 24.2 Å². The minimum atomic E-state index is -1.87. The number of fused-ring (bicyclic) bond motifs is 2. The fourth-order valence-electron chi connectivity index (χ4n) is 2.01. The number of allylic oxidation sites excluding steroid dienone is 2. The molecule has 0 heterocycles. The van der Waals surface area contributed by atoms with Crippen molar-refractivity contribution in [2.24, 2.45) is 17.8 Å². The molecule has 2 rings (SSSR count). The molecule has 2 aliphatic carbocycles. The zero-order valence-electron chi connectivity index (χ0n) is 6.68. The van der Waals surface area contributed by atoms with E-state index < -0.39 is 11.1 Å². The second-order valence-corrected chi connectivity index (χ2v) is 4.22. The summed E-state index contributed by atoms with van der Waals surface area (Å²) >= 11 is -1.87. The average molecular weight is 259 g/mol. The van der Waals surface area contributed by atoms with Crippen molar-refractivity contribution in [1.29, 1.82) is 0 Å². The summed E-state index contributed by atoms with van der Waals surface area (Å²) < 4.78 is 20.8. The van der Waals surface area contributed by atoms with E-state index in [1.165, 1.54) is 0 Å². The quantitative estimate of drug-likeness (QED) is 0.420. The third-order valence-electron chi connectivity index (χ3n) is 2.52. The Morgan fingerprint density at radius 3 is 2.75 bits per heavy atom. The van der Waals surface area contributed by atoms with Crippen LogP contribution in [0.25, 0.3) is 0 Å². The van der Waals surface area contributed by atoms with Gasteiger partial charge >= 0.3 is 0 Å². The summed E-state index contributed by atoms with van der Waals surface area (Å²) in [6, 6.07) is 0. The van der Waals surface area contributed by atoms with Gasteiger partial charge in [0, 0.05) is 32.7 Å². The van der Waals surface area contributed by atoms with Gasteiger partial charge < -0.3 is 11.0 Å². The molecule has 0 saturated heterocycles. The van der Waals surface area contributed by atoms with Crippen molar-refractivity contribution in [3.63, 3.8) is 0 Å². The molecular formula is C8H10O2SY-2. The van der Waals surface area contributed by atoms with Crippen molar-refractivity contribution in [3.05, 3.63) is 18.6 Å². The predicted octanol–water partition coefficient (Wildman–Crippen LogP) is 0.889. The Morgan fingerprint density at radius 1 is 1.58 bits per heavy atom. The molecule has 12 heavy (non-hydrogen) atoms. The van der Waals surface area contributed by atoms with E-state index in [2.05, 4.69) is 18.6 Å². The van der Waals surface area contributed by atoms with Gasteiger partial charge in [-0.25, -0.2) is 0 Å². The Labute approximate surface area is 100 Å². The van der Waals surface area contributed by atoms with Gasteiger partial charge in [0.15, 0.2) is 0 Å². The van der Waals surface area contributed by atoms with E-state index in [1.54, 1.807) is 0 Å². The van der Waals surface area contributed by atoms with E-state index in [0.29, 0.717) is 23.5 Å². The van der Waals surface area contributed by atoms with Crippen molar-refractivity contribution in [2.75, 3.05) is 5.75 Å². The summed E-state index contributed by atoms with van der Waals surface area (Å²) in [5, 5.41) is 0. The van der Waals surface area contributed by atoms with E-state index >= 15 is 0 Å². The first-order chi connectivity index (χ1) is 5.25. The van der Waals surface area contributed by atoms with Gasteiger partial charge in [-0.1, -0.05) is 23.6 Å². The Morgan fingerprint density at radius 2 is 2.33 bits per heavy atom. The third-order valence-corrected chi connectivity index (χ3v) is 3.18. The first kappa shape index (κ1) is 11.0. The van der Waals surface area contributed by atoms with Gasteiger partial charge in [-0.05, 0) is 11.7 Å². The fraction of sp³-hybridized carbons (Fsp3) is 0.625. The molecule has 4 unspecified atom stereocenters. The summed E-state index contributed by atoms with van der Waals surface area (Å²) in [7, 11) is 0. The Balaban J connectivity index is 0.000000720. The van der Waals surface area contributed by atoms with Crippen LogP contribution in [0.4, 0.5) is 0 Å². The van der Waals surface area contributed by atoms with Crippen LogP contribution >= 0.6 is 0 Å². The van der Waals surface area contributed by atoms with Gasteiger partial charge in [-0.3, -0.25) is 4.21 Å². The van der Waals surface area contributed by atoms with Crippen LogP contribution in [-0.2, 0) is 43.8 Å². The van der Waals surface area contributed by atoms with Gasteiger partial charge in [0.25, 0.3) is 0 Å². The van der Waals surface area contributed by atoms with E-state index in [1.807, 2.05) is 0 Å². The normalized spacial score (nSPS) is 39.6. The molecule has 0 aromatic heterocycles. The molecular weight excluding hydrogens is 249 g/mol. The Hall–Kier alpha value is 0.954. The van der Waals surface area contributed by atoms with Crippen molar-refractivity contribution in [1.82, 2.24) is 0 Å². The van der Waals surface area contributed by atoms with Crippen LogP contribution in [-0.4, -0.2) is 14.5 Å². The molecule has 0 spiro atoms. The van der Waals surface area contributed by atoms with Crippen LogP contribution in [0.5, 0.6) is 0 Å². The van der Waals surface area contributed by atoms with Crippen LogP contribution in [0.2, 0.25) is 0 Å². The fourth-order valence-corrected chi connectivity index (χ4v) is 2.69. The maximum absolute atomic E-state index is 10.4. The molecule has 1 radical (unpaired) electrons. The zero-order valence-corrected chi connectivity index (χ0v) is 10.3. The number of hydrogen-bond donors (Lipinski definition) is 0. The molecule has 0 aromatic carbocycles. The summed E-state index contributed by atoms with van der Waals surface area (Å²) in [5.41, 5.74) is 0. The molecule has 1 fully saturated rings. The summed E-state index contributed by atoms with van der Waals surface area (Å²) in [6.45, 7) is 0. The van der Waals surface area contributed by atoms with Crippen LogP contribution in [0.1, 0.15) is 6.42 Å². The monoisotopic (exact) mass is 259 g/mol. The first-order valence-corrected chi connectivity index (χ1v) is 5.09. The summed E-state index contributed by atoms with van der Waals surface area (Å²) in [6.07, 6.45) is 7.64. The second-order valence-electron chi connectivity index (χ2n) is 3.28. The average Bonchev–Trinajstić information content (AvgIpc) is 2.45. The van der Waals surface area contributed by atoms with E-state index in [4.69, 9.17) is 0 Å². The Bertz CT molecular complexity index is 217. The maximum atomic E-state index is 10.4. The minimum absolute atomic E-state index is 0. The molecule has 0 aliphatic heterocycles. The molecule has 0 aromatic rings. The van der Waals surface area contributed by atoms with Gasteiger partial charge in [-0.15, -0.1) is 17.9 Å². The molecule has 4 atom stereocenters. The molecule has 4 heteroatoms. The van der Waals surface area contributed by atoms with E-state index in [0.717, 1.165) is 6.42 Å². The zero-order chi connectivity index (χ0) is 7.84. The molecule has 2 nitrogen and oxygen atoms in total. The smallest absolute Gasteiger partial charge is 0 e. The van der Waals surface area contributed by atoms with Crippen molar-refractivity contribution in [2.45, 2.75) is 6.42 Å². The Kier molecular flexibility index (Phi) is 4.09. The van der Waals surface area contributed by atoms with Gasteiger partial charge in [0.05, 0.1) is 0 Å². The van der Waals surface area contributed by atoms with E-state index in [9.17, 15) is 8.76 Å². The van der Waals surface area contributed by atoms with Gasteiger partial charge in [0.2, 0.25) is 0 Å². The van der Waals surface area contributed by atoms with Crippen LogP contribution in [0.15, 0.2) is 12.2 Å². The topological polar surface area (TPSA) is 40.1 Å². The SMILES string of the molecule is O=S([O-])CC1[CH-]C2C=CC1C2.[Y]. The number of hydrogen-bond acceptors (Lipinski definition) is 2. The predicted molar refractivity (Wildman–Crippen MR) is 42.3 cm³/mol. The third kappa shape index (κ3) is 2.25. The van der Waals surface area contributed by atoms with Crippen LogP contribution < -0.4 is 0 Å². The minimum Gasteiger partial charge on any atom is -0.772 e. The van der Waals surface area contributed by atoms with Crippen molar-refractivity contribution >= 4 is 11.1 Å². The maximum Gasteiger partial charge on any atom is 0 e. The molecule has 2 aliphatic rings. The first-order valence-electron chi connectivity index (χ1n) is 3.85. The van der Waals surface area contributed by atoms with Crippen molar-refractivity contribution < 1.29 is 41.5 Å². The largest absolute Gasteiger partial charge is 0.772 e. The standard InChI is InChI=1S/C8H11O2S.Y/c9-11(10)5-8-4-6-1-2-7(8)3-6;/h1-2,4,6-8H,3,5H2,(H,9,10);/q-1;/p-1. The molecule has 0 N–H and O–H groups in total. The van der Waals surface area contributed by atoms with Crippen LogP contribution in [0.3, 0.4) is 0 Å². The summed E-state index contributed by atoms with van der Waals surface area (Å²) in [4.78, 5) is 0. The molecule has 1 saturated carbocycles. The van der Waals surface area contributed by atoms with Crippen molar-refractivity contribution in [3.8, 4) is 0 Å².